The maximum atomic E-state index is 13.0. The number of carbonyl (C=O) groups excluding carboxylic acids is 2. The van der Waals surface area contributed by atoms with E-state index in [4.69, 9.17) is 11.6 Å². The van der Waals surface area contributed by atoms with Crippen LogP contribution in [0.3, 0.4) is 0 Å². The van der Waals surface area contributed by atoms with Crippen LogP contribution in [0.15, 0.2) is 329 Å². The van der Waals surface area contributed by atoms with Gasteiger partial charge in [0.15, 0.2) is 11.6 Å². The number of aromatic amines is 2. The molecule has 636 valence electrons. The van der Waals surface area contributed by atoms with Crippen molar-refractivity contribution in [3.05, 3.63) is 346 Å². The Morgan fingerprint density at radius 1 is 0.430 bits per heavy atom. The number of carbonyl (C=O) groups is 2. The number of hydrogen-bond acceptors (Lipinski definition) is 22. The number of non-ortho nitro benzene ring substituents is 2. The number of fused-ring (bicyclic) bond motifs is 4. The third kappa shape index (κ3) is 22.5. The number of nitrogens with zero attached hydrogens (tertiary/aromatic N) is 12. The number of aryl methyl sites for hydroxylation is 1. The van der Waals surface area contributed by atoms with E-state index < -0.39 is 21.7 Å². The van der Waals surface area contributed by atoms with Crippen molar-refractivity contribution in [2.24, 2.45) is 20.4 Å². The van der Waals surface area contributed by atoms with Crippen molar-refractivity contribution in [2.75, 3.05) is 23.0 Å². The SMILES string of the molecule is C=C(O)CSC1=NN=C(c2cc(-c3ccc(C(F)(F)F)nc3)cc(-c3ccc4ccccc4c3)c2)C1.C=C(O)CSC1=NN=C(c2cc(-c3ccncc3)cc(-c3ccc4ccccc4c3)c2)C1.CC(=O)CSc1n[nH]c(-c2cc(-c3cc(Cl)c4ccccc4c3)cc([N+](=O)[O-])c2)n1.CC(=O)CSc1n[nH]c(-c2cc(-c3ccc4cc(C)ccc4c3)cc([N+](=O)[O-])c2)n1. The fourth-order valence-corrected chi connectivity index (χ4v) is 16.8. The van der Waals surface area contributed by atoms with Crippen LogP contribution in [0.25, 0.3) is 133 Å². The van der Waals surface area contributed by atoms with Gasteiger partial charge in [-0.15, -0.1) is 43.9 Å². The highest BCUT2D eigenvalue weighted by Crippen LogP contribution is 2.40. The number of thioether (sulfide) groups is 4. The lowest BCUT2D eigenvalue weighted by molar-refractivity contribution is -0.384. The van der Waals surface area contributed by atoms with Gasteiger partial charge < -0.3 is 10.2 Å². The van der Waals surface area contributed by atoms with Crippen molar-refractivity contribution in [3.63, 3.8) is 0 Å². The summed E-state index contributed by atoms with van der Waals surface area (Å²) in [6.07, 6.45) is 1.50. The Labute approximate surface area is 752 Å². The van der Waals surface area contributed by atoms with Gasteiger partial charge in [-0.2, -0.15) is 23.4 Å². The van der Waals surface area contributed by atoms with Gasteiger partial charge in [0.25, 0.3) is 11.4 Å². The smallest absolute Gasteiger partial charge is 0.433 e. The minimum absolute atomic E-state index is 0.0113. The fourth-order valence-electron chi connectivity index (χ4n) is 14.0. The minimum Gasteiger partial charge on any atom is -0.512 e. The highest BCUT2D eigenvalue weighted by atomic mass is 35.5. The number of ketones is 2. The third-order valence-corrected chi connectivity index (χ3v) is 24.5. The number of benzene rings is 12. The molecule has 22 nitrogen and oxygen atoms in total. The largest absolute Gasteiger partial charge is 0.512 e. The van der Waals surface area contributed by atoms with E-state index >= 15 is 0 Å². The second kappa shape index (κ2) is 39.9. The molecule has 128 heavy (non-hydrogen) atoms. The van der Waals surface area contributed by atoms with Crippen LogP contribution in [0.4, 0.5) is 24.5 Å². The van der Waals surface area contributed by atoms with Crippen LogP contribution in [0.5, 0.6) is 0 Å². The summed E-state index contributed by atoms with van der Waals surface area (Å²) < 4.78 is 39.1. The van der Waals surface area contributed by atoms with Crippen molar-refractivity contribution in [3.8, 4) is 89.5 Å². The molecule has 6 heterocycles. The van der Waals surface area contributed by atoms with E-state index in [-0.39, 0.29) is 46.0 Å². The molecule has 0 fully saturated rings. The van der Waals surface area contributed by atoms with Gasteiger partial charge in [0.05, 0.1) is 55.8 Å². The number of alkyl halides is 3. The molecule has 0 aliphatic carbocycles. The molecule has 12 aromatic carbocycles. The molecule has 4 aromatic heterocycles. The first-order valence-corrected chi connectivity index (χ1v) is 43.9. The van der Waals surface area contributed by atoms with Crippen LogP contribution in [0, 0.1) is 27.2 Å². The molecule has 4 N–H and O–H groups in total. The number of nitrogens with one attached hydrogen (secondary N) is 2. The summed E-state index contributed by atoms with van der Waals surface area (Å²) in [6, 6.07) is 81.2. The molecule has 0 amide bonds. The maximum absolute atomic E-state index is 13.0. The Kier molecular flexibility index (Phi) is 27.6. The standard InChI is InChI=1S/C28H20F3N3OS.C27H21N3OS.C22H18N4O3S.C21H15ClN4O3S/c1-17(35)16-36-27-14-25(33-34-27)24-12-22(20-7-6-18-4-2-3-5-19(18)10-20)11-23(13-24)21-8-9-26(32-15-21)28(29,30)31;1-18(31)17-32-27-16-26(29-30-27)25-14-23(20-8-10-28-11-9-20)13-24(15-25)22-7-6-19-4-2-3-5-21(19)12-22;1-13-3-4-16-8-17(6-5-15(16)7-13)18-9-19(11-20(10-18)26(28)29)21-23-22(25-24-21)30-12-14(2)27;1-12(27)11-30-21-23-20(24-25-21)16-7-14(8-17(9-16)26(28)29)15-6-13-4-2-3-5-18(13)19(22)10-15/h2-13,15,35H,1,14,16H2;2-15,31H,1,16-17H2;3-11H,12H2,1-2H3,(H,23,24,25);2-10H,11H2,1H3,(H,23,24,25). The van der Waals surface area contributed by atoms with Crippen LogP contribution >= 0.6 is 58.6 Å². The number of rotatable bonds is 22. The van der Waals surface area contributed by atoms with Gasteiger partial charge in [-0.3, -0.25) is 50.0 Å². The van der Waals surface area contributed by atoms with Crippen molar-refractivity contribution in [1.29, 1.82) is 0 Å². The van der Waals surface area contributed by atoms with Crippen LogP contribution < -0.4 is 0 Å². The summed E-state index contributed by atoms with van der Waals surface area (Å²) in [4.78, 5) is 61.0. The summed E-state index contributed by atoms with van der Waals surface area (Å²) in [5, 5.41) is 84.6. The second-order valence-corrected chi connectivity index (χ2v) is 34.1. The molecule has 2 aliphatic heterocycles. The fraction of sp³-hybridized carbons (Fsp3) is 0.102. The predicted octanol–water partition coefficient (Wildman–Crippen LogP) is 25.5. The zero-order chi connectivity index (χ0) is 89.7. The maximum Gasteiger partial charge on any atom is 0.433 e. The number of aliphatic hydroxyl groups excluding tert-OH is 2. The summed E-state index contributed by atoms with van der Waals surface area (Å²) in [7, 11) is 0. The third-order valence-electron chi connectivity index (χ3n) is 20.1. The van der Waals surface area contributed by atoms with Gasteiger partial charge >= 0.3 is 6.18 Å². The van der Waals surface area contributed by atoms with Crippen LogP contribution in [0.1, 0.15) is 49.1 Å². The highest BCUT2D eigenvalue weighted by Gasteiger charge is 2.32. The second-order valence-electron chi connectivity index (χ2n) is 29.7. The Balaban J connectivity index is 0.000000132. The lowest BCUT2D eigenvalue weighted by atomic mass is 9.93. The Hall–Kier alpha value is -14.4. The monoisotopic (exact) mass is 1790 g/mol. The summed E-state index contributed by atoms with van der Waals surface area (Å²) >= 11 is 11.7. The van der Waals surface area contributed by atoms with Crippen molar-refractivity contribution in [1.82, 2.24) is 40.3 Å². The van der Waals surface area contributed by atoms with Gasteiger partial charge in [-0.25, -0.2) is 9.97 Å². The summed E-state index contributed by atoms with van der Waals surface area (Å²) in [5.41, 5.74) is 15.4. The molecule has 0 spiro atoms. The predicted molar refractivity (Wildman–Crippen MR) is 511 cm³/mol. The molecule has 0 radical (unpaired) electrons. The number of nitro groups is 2. The molecule has 2 aliphatic rings. The summed E-state index contributed by atoms with van der Waals surface area (Å²) in [6.45, 7) is 12.1. The van der Waals surface area contributed by atoms with E-state index in [0.29, 0.717) is 73.6 Å². The Bertz CT molecular complexity index is 7170. The highest BCUT2D eigenvalue weighted by molar-refractivity contribution is 8.14. The van der Waals surface area contributed by atoms with E-state index in [1.165, 1.54) is 108 Å². The van der Waals surface area contributed by atoms with Gasteiger partial charge in [-0.1, -0.05) is 187 Å². The lowest BCUT2D eigenvalue weighted by Gasteiger charge is -2.12. The Morgan fingerprint density at radius 3 is 1.28 bits per heavy atom. The van der Waals surface area contributed by atoms with Crippen LogP contribution in [-0.2, 0) is 15.8 Å². The topological polar surface area (TPSA) is 319 Å². The van der Waals surface area contributed by atoms with E-state index in [0.717, 1.165) is 127 Å². The zero-order valence-corrected chi connectivity index (χ0v) is 72.5. The van der Waals surface area contributed by atoms with E-state index in [2.05, 4.69) is 147 Å². The first-order chi connectivity index (χ1) is 61.7. The van der Waals surface area contributed by atoms with Gasteiger partial charge in [0.1, 0.15) is 27.3 Å². The van der Waals surface area contributed by atoms with Crippen molar-refractivity contribution < 1.29 is 42.8 Å². The molecule has 18 rings (SSSR count). The molecule has 0 atom stereocenters. The van der Waals surface area contributed by atoms with Gasteiger partial charge in [0.2, 0.25) is 10.3 Å². The number of pyridine rings is 2. The molecular weight excluding hydrogens is 1720 g/mol. The van der Waals surface area contributed by atoms with E-state index in [1.54, 1.807) is 18.2 Å². The number of aliphatic hydroxyl groups is 2. The molecule has 30 heteroatoms. The van der Waals surface area contributed by atoms with Crippen LogP contribution in [0.2, 0.25) is 5.02 Å². The number of hydrogen-bond donors (Lipinski definition) is 4. The number of Topliss-reactive ketones (excluding diaryl/α,β-unsaturated/α-hetero) is 2. The van der Waals surface area contributed by atoms with Crippen molar-refractivity contribution >= 4 is 146 Å². The number of nitro benzene ring substituents is 2. The molecule has 0 bridgehead atoms. The number of halogens is 4. The number of aromatic nitrogens is 8. The molecular formula is C98H74ClF3N14O8S4. The molecule has 0 saturated carbocycles. The van der Waals surface area contributed by atoms with Crippen LogP contribution in [-0.4, -0.2) is 116 Å². The average molecular weight is 1800 g/mol. The lowest BCUT2D eigenvalue weighted by Crippen LogP contribution is -2.07. The van der Waals surface area contributed by atoms with Gasteiger partial charge in [0, 0.05) is 82.8 Å². The Morgan fingerprint density at radius 2 is 0.812 bits per heavy atom. The quantitative estimate of drug-likeness (QED) is 0.0212. The normalized spacial score (nSPS) is 12.2. The van der Waals surface area contributed by atoms with Crippen molar-refractivity contribution in [2.45, 2.75) is 50.1 Å². The molecule has 0 unspecified atom stereocenters. The summed E-state index contributed by atoms with van der Waals surface area (Å²) in [5.74, 6) is 2.34. The van der Waals surface area contributed by atoms with E-state index in [9.17, 15) is 53.2 Å². The average Bonchev–Trinajstić information content (AvgIpc) is 1.46. The molecule has 0 saturated heterocycles. The first-order valence-electron chi connectivity index (χ1n) is 39.6. The first kappa shape index (κ1) is 88.5. The zero-order valence-electron chi connectivity index (χ0n) is 68.5. The number of H-pyrrole nitrogens is 2. The molecule has 16 aromatic rings. The minimum atomic E-state index is -4.50. The van der Waals surface area contributed by atoms with Gasteiger partial charge in [-0.05, 0) is 228 Å². The van der Waals surface area contributed by atoms with E-state index in [1.807, 2.05) is 153 Å².